The van der Waals surface area contributed by atoms with Crippen LogP contribution in [0.5, 0.6) is 0 Å². The monoisotopic (exact) mass is 451 g/mol. The van der Waals surface area contributed by atoms with Crippen LogP contribution in [0.25, 0.3) is 21.8 Å². The summed E-state index contributed by atoms with van der Waals surface area (Å²) >= 11 is 6.30. The summed E-state index contributed by atoms with van der Waals surface area (Å²) in [7, 11) is 0. The number of nitrogens with zero attached hydrogens (tertiary/aromatic N) is 4. The average molecular weight is 452 g/mol. The molecule has 0 fully saturated rings. The molecular weight excluding hydrogens is 434 g/mol. The van der Waals surface area contributed by atoms with Crippen LogP contribution in [0.4, 0.5) is 0 Å². The number of carbonyl (C=O) groups excluding carboxylic acids is 1. The minimum absolute atomic E-state index is 0.266. The van der Waals surface area contributed by atoms with Crippen LogP contribution in [-0.4, -0.2) is 20.4 Å². The second-order valence-electron chi connectivity index (χ2n) is 7.65. The summed E-state index contributed by atoms with van der Waals surface area (Å²) < 4.78 is 2.14. The first-order valence-electron chi connectivity index (χ1n) is 10.4. The Labute approximate surface area is 195 Å². The topological polar surface area (TPSA) is 83.6 Å². The summed E-state index contributed by atoms with van der Waals surface area (Å²) in [5, 5.41) is 14.4. The molecule has 0 saturated heterocycles. The van der Waals surface area contributed by atoms with Crippen LogP contribution in [0.3, 0.4) is 0 Å². The smallest absolute Gasteiger partial charge is 0.270 e. The maximum absolute atomic E-state index is 12.8. The Hall–Kier alpha value is -4.21. The van der Waals surface area contributed by atoms with Gasteiger partial charge in [0, 0.05) is 34.1 Å². The molecule has 0 aliphatic carbocycles. The molecule has 0 atom stereocenters. The normalized spacial score (nSPS) is 10.9. The molecule has 5 aromatic rings. The highest BCUT2D eigenvalue weighted by Gasteiger charge is 2.16. The number of halogens is 1. The Balaban J connectivity index is 1.52. The van der Waals surface area contributed by atoms with Gasteiger partial charge in [-0.05, 0) is 54.1 Å². The van der Waals surface area contributed by atoms with Gasteiger partial charge in [-0.15, -0.1) is 0 Å². The molecule has 3 heterocycles. The summed E-state index contributed by atoms with van der Waals surface area (Å²) in [6.45, 7) is 0.923. The molecule has 7 heteroatoms. The van der Waals surface area contributed by atoms with Crippen LogP contribution >= 0.6 is 11.6 Å². The molecule has 1 N–H and O–H groups in total. The van der Waals surface area contributed by atoms with Crippen molar-refractivity contribution in [3.63, 3.8) is 0 Å². The van der Waals surface area contributed by atoms with Crippen molar-refractivity contribution in [3.8, 4) is 6.07 Å². The molecule has 160 valence electrons. The fourth-order valence-corrected chi connectivity index (χ4v) is 4.07. The SMILES string of the molecule is N#Cc1ccc(Cn2c3ccc(Cl)cc3c3cc(C(=O)NCc4ccccn4)ncc32)cc1. The minimum atomic E-state index is -0.266. The van der Waals surface area contributed by atoms with E-state index < -0.39 is 0 Å². The third kappa shape index (κ3) is 4.14. The number of pyridine rings is 2. The van der Waals surface area contributed by atoms with Crippen molar-refractivity contribution < 1.29 is 4.79 Å². The first-order chi connectivity index (χ1) is 16.1. The number of aromatic nitrogens is 3. The van der Waals surface area contributed by atoms with E-state index in [0.717, 1.165) is 33.1 Å². The maximum Gasteiger partial charge on any atom is 0.270 e. The highest BCUT2D eigenvalue weighted by atomic mass is 35.5. The number of rotatable bonds is 5. The van der Waals surface area contributed by atoms with Crippen molar-refractivity contribution in [3.05, 3.63) is 107 Å². The van der Waals surface area contributed by atoms with E-state index in [1.165, 1.54) is 0 Å². The largest absolute Gasteiger partial charge is 0.345 e. The quantitative estimate of drug-likeness (QED) is 0.403. The van der Waals surface area contributed by atoms with Gasteiger partial charge >= 0.3 is 0 Å². The molecule has 1 amide bonds. The summed E-state index contributed by atoms with van der Waals surface area (Å²) in [4.78, 5) is 21.4. The summed E-state index contributed by atoms with van der Waals surface area (Å²) in [5.74, 6) is -0.266. The average Bonchev–Trinajstić information content (AvgIpc) is 3.15. The second kappa shape index (κ2) is 8.73. The molecular formula is C26H18ClN5O. The summed E-state index contributed by atoms with van der Waals surface area (Å²) in [6, 6.07) is 22.8. The highest BCUT2D eigenvalue weighted by Crippen LogP contribution is 2.32. The van der Waals surface area contributed by atoms with Crippen molar-refractivity contribution in [1.29, 1.82) is 5.26 Å². The lowest BCUT2D eigenvalue weighted by molar-refractivity contribution is 0.0945. The van der Waals surface area contributed by atoms with Gasteiger partial charge in [0.15, 0.2) is 0 Å². The Morgan fingerprint density at radius 2 is 1.82 bits per heavy atom. The number of hydrogen-bond donors (Lipinski definition) is 1. The number of nitriles is 1. The van der Waals surface area contributed by atoms with Gasteiger partial charge in [0.2, 0.25) is 0 Å². The molecule has 0 radical (unpaired) electrons. The van der Waals surface area contributed by atoms with E-state index in [1.54, 1.807) is 18.5 Å². The zero-order valence-electron chi connectivity index (χ0n) is 17.5. The number of benzene rings is 2. The first-order valence-corrected chi connectivity index (χ1v) is 10.7. The first kappa shape index (κ1) is 20.7. The molecule has 33 heavy (non-hydrogen) atoms. The molecule has 6 nitrogen and oxygen atoms in total. The van der Waals surface area contributed by atoms with E-state index in [-0.39, 0.29) is 5.91 Å². The van der Waals surface area contributed by atoms with Crippen molar-refractivity contribution in [2.24, 2.45) is 0 Å². The third-order valence-electron chi connectivity index (χ3n) is 5.53. The van der Waals surface area contributed by atoms with Crippen LogP contribution in [0, 0.1) is 11.3 Å². The number of carbonyl (C=O) groups is 1. The Morgan fingerprint density at radius 1 is 1.00 bits per heavy atom. The molecule has 0 unspecified atom stereocenters. The van der Waals surface area contributed by atoms with Crippen LogP contribution in [0.2, 0.25) is 5.02 Å². The Morgan fingerprint density at radius 3 is 2.58 bits per heavy atom. The van der Waals surface area contributed by atoms with E-state index >= 15 is 0 Å². The van der Waals surface area contributed by atoms with Crippen molar-refractivity contribution in [1.82, 2.24) is 19.9 Å². The lowest BCUT2D eigenvalue weighted by atomic mass is 10.1. The summed E-state index contributed by atoms with van der Waals surface area (Å²) in [5.41, 5.74) is 4.67. The van der Waals surface area contributed by atoms with Gasteiger partial charge in [0.25, 0.3) is 5.91 Å². The lowest BCUT2D eigenvalue weighted by Crippen LogP contribution is -2.24. The molecule has 0 bridgehead atoms. The van der Waals surface area contributed by atoms with Crippen LogP contribution < -0.4 is 5.32 Å². The van der Waals surface area contributed by atoms with Crippen LogP contribution in [0.15, 0.2) is 79.1 Å². The number of amides is 1. The molecule has 0 spiro atoms. The fraction of sp³-hybridized carbons (Fsp3) is 0.0769. The third-order valence-corrected chi connectivity index (χ3v) is 5.76. The second-order valence-corrected chi connectivity index (χ2v) is 8.08. The van der Waals surface area contributed by atoms with Crippen LogP contribution in [-0.2, 0) is 13.1 Å². The van der Waals surface area contributed by atoms with Gasteiger partial charge in [0.05, 0.1) is 35.6 Å². The van der Waals surface area contributed by atoms with Gasteiger partial charge < -0.3 is 9.88 Å². The Bertz CT molecular complexity index is 1520. The zero-order valence-corrected chi connectivity index (χ0v) is 18.3. The molecule has 0 saturated carbocycles. The predicted molar refractivity (Wildman–Crippen MR) is 128 cm³/mol. The van der Waals surface area contributed by atoms with E-state index in [0.29, 0.717) is 29.4 Å². The number of nitrogens with one attached hydrogen (secondary N) is 1. The maximum atomic E-state index is 12.8. The van der Waals surface area contributed by atoms with Crippen LogP contribution in [0.1, 0.15) is 27.3 Å². The number of hydrogen-bond acceptors (Lipinski definition) is 4. The Kier molecular flexibility index (Phi) is 5.47. The summed E-state index contributed by atoms with van der Waals surface area (Å²) in [6.07, 6.45) is 3.42. The van der Waals surface area contributed by atoms with Gasteiger partial charge in [-0.1, -0.05) is 29.8 Å². The van der Waals surface area contributed by atoms with Crippen molar-refractivity contribution in [2.45, 2.75) is 13.1 Å². The van der Waals surface area contributed by atoms with Gasteiger partial charge in [0.1, 0.15) is 5.69 Å². The number of fused-ring (bicyclic) bond motifs is 3. The molecule has 0 aliphatic rings. The predicted octanol–water partition coefficient (Wildman–Crippen LogP) is 5.09. The zero-order chi connectivity index (χ0) is 22.8. The molecule has 0 aliphatic heterocycles. The van der Waals surface area contributed by atoms with E-state index in [4.69, 9.17) is 16.9 Å². The lowest BCUT2D eigenvalue weighted by Gasteiger charge is -2.08. The van der Waals surface area contributed by atoms with E-state index in [9.17, 15) is 4.79 Å². The van der Waals surface area contributed by atoms with E-state index in [2.05, 4.69) is 25.9 Å². The minimum Gasteiger partial charge on any atom is -0.345 e. The van der Waals surface area contributed by atoms with Gasteiger partial charge in [-0.3, -0.25) is 9.78 Å². The fourth-order valence-electron chi connectivity index (χ4n) is 3.89. The molecule has 3 aromatic heterocycles. The van der Waals surface area contributed by atoms with Crippen molar-refractivity contribution in [2.75, 3.05) is 0 Å². The molecule has 2 aromatic carbocycles. The van der Waals surface area contributed by atoms with Gasteiger partial charge in [-0.2, -0.15) is 5.26 Å². The molecule has 5 rings (SSSR count). The highest BCUT2D eigenvalue weighted by molar-refractivity contribution is 6.31. The van der Waals surface area contributed by atoms with Gasteiger partial charge in [-0.25, -0.2) is 4.98 Å². The standard InChI is InChI=1S/C26H18ClN5O/c27-19-8-9-24-21(11-19)22-12-23(26(33)31-14-20-3-1-2-10-29-20)30-15-25(22)32(24)16-18-6-4-17(13-28)5-7-18/h1-12,15H,14,16H2,(H,31,33). The van der Waals surface area contributed by atoms with E-state index in [1.807, 2.05) is 60.7 Å². The van der Waals surface area contributed by atoms with Crippen molar-refractivity contribution >= 4 is 39.3 Å².